The van der Waals surface area contributed by atoms with E-state index in [2.05, 4.69) is 16.4 Å². The van der Waals surface area contributed by atoms with Crippen LogP contribution < -0.4 is 14.8 Å². The molecule has 2 aromatic rings. The van der Waals surface area contributed by atoms with Gasteiger partial charge in [0, 0.05) is 5.69 Å². The summed E-state index contributed by atoms with van der Waals surface area (Å²) in [5.74, 6) is 1.48. The Labute approximate surface area is 156 Å². The molecule has 1 N–H and O–H groups in total. The number of pyridine rings is 1. The average molecular weight is 369 g/mol. The number of carbonyl (C=O) groups is 1. The highest BCUT2D eigenvalue weighted by molar-refractivity contribution is 8.00. The van der Waals surface area contributed by atoms with Gasteiger partial charge in [0.2, 0.25) is 12.7 Å². The van der Waals surface area contributed by atoms with E-state index in [1.165, 1.54) is 11.8 Å². The number of rotatable bonds is 5. The standard InChI is InChI=1S/C19H19N3O3S/c1-11-6-12(2)21-19(15(11)8-20)26-9-18(23)22-13(3)14-4-5-16-17(7-14)25-10-24-16/h4-7,13H,9-10H2,1-3H3,(H,22,23)/t13-/m1/s1. The molecule has 0 fully saturated rings. The lowest BCUT2D eigenvalue weighted by atomic mass is 10.1. The van der Waals surface area contributed by atoms with E-state index in [1.807, 2.05) is 45.0 Å². The highest BCUT2D eigenvalue weighted by Crippen LogP contribution is 2.34. The van der Waals surface area contributed by atoms with Crippen molar-refractivity contribution >= 4 is 17.7 Å². The van der Waals surface area contributed by atoms with Gasteiger partial charge in [0.25, 0.3) is 0 Å². The Morgan fingerprint density at radius 3 is 2.88 bits per heavy atom. The zero-order chi connectivity index (χ0) is 18.7. The van der Waals surface area contributed by atoms with E-state index in [4.69, 9.17) is 9.47 Å². The van der Waals surface area contributed by atoms with Crippen molar-refractivity contribution in [3.8, 4) is 17.6 Å². The molecule has 26 heavy (non-hydrogen) atoms. The topological polar surface area (TPSA) is 84.2 Å². The molecule has 1 amide bonds. The Morgan fingerprint density at radius 1 is 1.35 bits per heavy atom. The lowest BCUT2D eigenvalue weighted by molar-refractivity contribution is -0.119. The highest BCUT2D eigenvalue weighted by Gasteiger charge is 2.17. The van der Waals surface area contributed by atoms with Gasteiger partial charge in [-0.05, 0) is 50.1 Å². The van der Waals surface area contributed by atoms with Crippen molar-refractivity contribution in [1.82, 2.24) is 10.3 Å². The van der Waals surface area contributed by atoms with Gasteiger partial charge in [0.15, 0.2) is 11.5 Å². The third kappa shape index (κ3) is 3.92. The van der Waals surface area contributed by atoms with Crippen LogP contribution in [0.5, 0.6) is 11.5 Å². The molecule has 0 aliphatic carbocycles. The van der Waals surface area contributed by atoms with E-state index < -0.39 is 0 Å². The van der Waals surface area contributed by atoms with Crippen LogP contribution in [0, 0.1) is 25.2 Å². The molecule has 0 radical (unpaired) electrons. The van der Waals surface area contributed by atoms with Gasteiger partial charge in [0.1, 0.15) is 11.1 Å². The van der Waals surface area contributed by atoms with Crippen molar-refractivity contribution < 1.29 is 14.3 Å². The first-order chi connectivity index (χ1) is 12.5. The van der Waals surface area contributed by atoms with Crippen LogP contribution in [0.25, 0.3) is 0 Å². The number of aryl methyl sites for hydroxylation is 2. The third-order valence-corrected chi connectivity index (χ3v) is 5.01. The van der Waals surface area contributed by atoms with Crippen molar-refractivity contribution in [2.45, 2.75) is 31.8 Å². The first kappa shape index (κ1) is 18.1. The first-order valence-corrected chi connectivity index (χ1v) is 9.16. The molecule has 1 atom stereocenters. The number of nitrogens with zero attached hydrogens (tertiary/aromatic N) is 2. The van der Waals surface area contributed by atoms with Crippen molar-refractivity contribution in [2.24, 2.45) is 0 Å². The fraction of sp³-hybridized carbons (Fsp3) is 0.316. The van der Waals surface area contributed by atoms with Gasteiger partial charge >= 0.3 is 0 Å². The maximum absolute atomic E-state index is 12.3. The van der Waals surface area contributed by atoms with Crippen molar-refractivity contribution in [3.63, 3.8) is 0 Å². The number of nitriles is 1. The fourth-order valence-electron chi connectivity index (χ4n) is 2.73. The Morgan fingerprint density at radius 2 is 2.12 bits per heavy atom. The number of nitrogens with one attached hydrogen (secondary N) is 1. The van der Waals surface area contributed by atoms with Gasteiger partial charge in [-0.15, -0.1) is 0 Å². The van der Waals surface area contributed by atoms with Crippen LogP contribution >= 0.6 is 11.8 Å². The second kappa shape index (κ2) is 7.67. The summed E-state index contributed by atoms with van der Waals surface area (Å²) in [6.45, 7) is 5.88. The van der Waals surface area contributed by atoms with Crippen LogP contribution in [-0.2, 0) is 4.79 Å². The first-order valence-electron chi connectivity index (χ1n) is 8.18. The summed E-state index contributed by atoms with van der Waals surface area (Å²) in [6.07, 6.45) is 0. The number of hydrogen-bond donors (Lipinski definition) is 1. The van der Waals surface area contributed by atoms with E-state index in [0.29, 0.717) is 22.1 Å². The number of benzene rings is 1. The molecule has 0 bridgehead atoms. The van der Waals surface area contributed by atoms with Crippen LogP contribution in [0.3, 0.4) is 0 Å². The molecule has 1 aliphatic rings. The van der Waals surface area contributed by atoms with Gasteiger partial charge in [0.05, 0.1) is 17.4 Å². The van der Waals surface area contributed by atoms with E-state index >= 15 is 0 Å². The van der Waals surface area contributed by atoms with E-state index in [-0.39, 0.29) is 24.5 Å². The van der Waals surface area contributed by atoms with E-state index in [1.54, 1.807) is 0 Å². The number of carbonyl (C=O) groups excluding carboxylic acids is 1. The van der Waals surface area contributed by atoms with Crippen LogP contribution in [0.1, 0.15) is 35.3 Å². The van der Waals surface area contributed by atoms with E-state index in [9.17, 15) is 10.1 Å². The van der Waals surface area contributed by atoms with Gasteiger partial charge in [-0.2, -0.15) is 5.26 Å². The molecule has 7 heteroatoms. The number of aromatic nitrogens is 1. The molecule has 2 heterocycles. The maximum atomic E-state index is 12.3. The number of amides is 1. The Balaban J connectivity index is 1.62. The summed E-state index contributed by atoms with van der Waals surface area (Å²) >= 11 is 1.28. The summed E-state index contributed by atoms with van der Waals surface area (Å²) < 4.78 is 10.7. The SMILES string of the molecule is Cc1cc(C)c(C#N)c(SCC(=O)N[C@H](C)c2ccc3c(c2)OCO3)n1. The van der Waals surface area contributed by atoms with Crippen molar-refractivity contribution in [3.05, 3.63) is 46.6 Å². The molecular weight excluding hydrogens is 350 g/mol. The molecule has 0 saturated carbocycles. The van der Waals surface area contributed by atoms with Gasteiger partial charge in [-0.25, -0.2) is 4.98 Å². The molecule has 0 unspecified atom stereocenters. The number of fused-ring (bicyclic) bond motifs is 1. The fourth-order valence-corrected chi connectivity index (χ4v) is 3.64. The van der Waals surface area contributed by atoms with Crippen LogP contribution in [0.2, 0.25) is 0 Å². The van der Waals surface area contributed by atoms with Gasteiger partial charge < -0.3 is 14.8 Å². The molecule has 3 rings (SSSR count). The predicted octanol–water partition coefficient (Wildman–Crippen LogP) is 3.27. The molecule has 1 aromatic heterocycles. The molecule has 134 valence electrons. The largest absolute Gasteiger partial charge is 0.454 e. The summed E-state index contributed by atoms with van der Waals surface area (Å²) in [4.78, 5) is 16.7. The molecule has 6 nitrogen and oxygen atoms in total. The highest BCUT2D eigenvalue weighted by atomic mass is 32.2. The Bertz CT molecular complexity index is 892. The second-order valence-corrected chi connectivity index (χ2v) is 7.03. The summed E-state index contributed by atoms with van der Waals surface area (Å²) in [7, 11) is 0. The van der Waals surface area contributed by atoms with Gasteiger partial charge in [-0.1, -0.05) is 17.8 Å². The third-order valence-electron chi connectivity index (χ3n) is 4.04. The number of ether oxygens (including phenoxy) is 2. The van der Waals surface area contributed by atoms with Crippen molar-refractivity contribution in [1.29, 1.82) is 5.26 Å². The minimum atomic E-state index is -0.166. The molecular formula is C19H19N3O3S. The maximum Gasteiger partial charge on any atom is 0.231 e. The molecule has 1 aromatic carbocycles. The number of hydrogen-bond acceptors (Lipinski definition) is 6. The molecule has 0 saturated heterocycles. The zero-order valence-corrected chi connectivity index (χ0v) is 15.6. The van der Waals surface area contributed by atoms with Crippen LogP contribution in [0.15, 0.2) is 29.3 Å². The minimum absolute atomic E-state index is 0.120. The lowest BCUT2D eigenvalue weighted by Crippen LogP contribution is -2.28. The van der Waals surface area contributed by atoms with Crippen LogP contribution in [-0.4, -0.2) is 23.4 Å². The van der Waals surface area contributed by atoms with Gasteiger partial charge in [-0.3, -0.25) is 4.79 Å². The average Bonchev–Trinajstić information content (AvgIpc) is 3.07. The minimum Gasteiger partial charge on any atom is -0.454 e. The predicted molar refractivity (Wildman–Crippen MR) is 98.3 cm³/mol. The Hall–Kier alpha value is -2.72. The summed E-state index contributed by atoms with van der Waals surface area (Å²) in [5, 5.41) is 12.9. The smallest absolute Gasteiger partial charge is 0.231 e. The van der Waals surface area contributed by atoms with Crippen LogP contribution in [0.4, 0.5) is 0 Å². The quantitative estimate of drug-likeness (QED) is 0.815. The summed E-state index contributed by atoms with van der Waals surface area (Å²) in [6, 6.07) is 9.49. The number of thioether (sulfide) groups is 1. The molecule has 1 aliphatic heterocycles. The van der Waals surface area contributed by atoms with Crippen molar-refractivity contribution in [2.75, 3.05) is 12.5 Å². The van der Waals surface area contributed by atoms with E-state index in [0.717, 1.165) is 16.8 Å². The normalized spacial score (nSPS) is 13.2. The monoisotopic (exact) mass is 369 g/mol. The second-order valence-electron chi connectivity index (χ2n) is 6.06. The Kier molecular flexibility index (Phi) is 5.33. The summed E-state index contributed by atoms with van der Waals surface area (Å²) in [5.41, 5.74) is 3.17. The zero-order valence-electron chi connectivity index (χ0n) is 14.8. The lowest BCUT2D eigenvalue weighted by Gasteiger charge is -2.15. The molecule has 0 spiro atoms.